The van der Waals surface area contributed by atoms with Crippen LogP contribution in [0.25, 0.3) is 0 Å². The van der Waals surface area contributed by atoms with E-state index in [0.717, 1.165) is 32.4 Å². The molecule has 0 atom stereocenters. The van der Waals surface area contributed by atoms with E-state index in [2.05, 4.69) is 0 Å². The standard InChI is InChI=1S/C10H20N2O2.ClH/c1-3-8-14-9(13)12-6-4-10(2,11)5-7-12;/h3-8,11H2,1-2H3;1H. The monoisotopic (exact) mass is 236 g/mol. The first-order valence-corrected chi connectivity index (χ1v) is 5.26. The molecule has 1 fully saturated rings. The number of carbonyl (C=O) groups is 1. The third-order valence-electron chi connectivity index (χ3n) is 2.59. The zero-order valence-corrected chi connectivity index (χ0v) is 10.3. The maximum atomic E-state index is 11.4. The molecule has 0 unspecified atom stereocenters. The summed E-state index contributed by atoms with van der Waals surface area (Å²) in [6.07, 6.45) is 2.39. The van der Waals surface area contributed by atoms with Crippen molar-refractivity contribution in [2.45, 2.75) is 38.6 Å². The van der Waals surface area contributed by atoms with E-state index in [0.29, 0.717) is 6.61 Å². The van der Waals surface area contributed by atoms with E-state index < -0.39 is 0 Å². The smallest absolute Gasteiger partial charge is 0.409 e. The Hall–Kier alpha value is -0.480. The van der Waals surface area contributed by atoms with Gasteiger partial charge in [-0.05, 0) is 26.2 Å². The number of rotatable bonds is 2. The van der Waals surface area contributed by atoms with Crippen molar-refractivity contribution in [2.75, 3.05) is 19.7 Å². The summed E-state index contributed by atoms with van der Waals surface area (Å²) in [4.78, 5) is 13.2. The molecule has 1 amide bonds. The van der Waals surface area contributed by atoms with Crippen LogP contribution in [0.4, 0.5) is 4.79 Å². The van der Waals surface area contributed by atoms with Crippen molar-refractivity contribution in [1.82, 2.24) is 4.90 Å². The molecular formula is C10H21ClN2O2. The number of halogens is 1. The first kappa shape index (κ1) is 14.5. The molecule has 2 N–H and O–H groups in total. The van der Waals surface area contributed by atoms with Gasteiger partial charge in [-0.25, -0.2) is 4.79 Å². The average molecular weight is 237 g/mol. The fourth-order valence-corrected chi connectivity index (χ4v) is 1.48. The van der Waals surface area contributed by atoms with Gasteiger partial charge >= 0.3 is 6.09 Å². The van der Waals surface area contributed by atoms with Crippen LogP contribution >= 0.6 is 12.4 Å². The molecular weight excluding hydrogens is 216 g/mol. The van der Waals surface area contributed by atoms with Gasteiger partial charge in [0.05, 0.1) is 6.61 Å². The number of nitrogens with zero attached hydrogens (tertiary/aromatic N) is 1. The highest BCUT2D eigenvalue weighted by molar-refractivity contribution is 5.85. The summed E-state index contributed by atoms with van der Waals surface area (Å²) in [5.41, 5.74) is 5.85. The van der Waals surface area contributed by atoms with Crippen molar-refractivity contribution < 1.29 is 9.53 Å². The molecule has 0 bridgehead atoms. The summed E-state index contributed by atoms with van der Waals surface area (Å²) in [6, 6.07) is 0. The Labute approximate surface area is 97.5 Å². The first-order valence-electron chi connectivity index (χ1n) is 5.26. The lowest BCUT2D eigenvalue weighted by Crippen LogP contribution is -2.50. The zero-order valence-electron chi connectivity index (χ0n) is 9.49. The van der Waals surface area contributed by atoms with Crippen molar-refractivity contribution in [2.24, 2.45) is 5.73 Å². The Bertz CT molecular complexity index is 200. The number of likely N-dealkylation sites (tertiary alicyclic amines) is 1. The van der Waals surface area contributed by atoms with E-state index in [1.165, 1.54) is 0 Å². The predicted octanol–water partition coefficient (Wildman–Crippen LogP) is 1.77. The highest BCUT2D eigenvalue weighted by Crippen LogP contribution is 2.18. The molecule has 0 saturated carbocycles. The van der Waals surface area contributed by atoms with Gasteiger partial charge in [-0.1, -0.05) is 6.92 Å². The normalized spacial score (nSPS) is 19.3. The molecule has 0 spiro atoms. The Morgan fingerprint density at radius 2 is 2.00 bits per heavy atom. The topological polar surface area (TPSA) is 55.6 Å². The van der Waals surface area contributed by atoms with Crippen LogP contribution in [-0.4, -0.2) is 36.2 Å². The fraction of sp³-hybridized carbons (Fsp3) is 0.900. The minimum Gasteiger partial charge on any atom is -0.449 e. The highest BCUT2D eigenvalue weighted by Gasteiger charge is 2.28. The molecule has 1 saturated heterocycles. The summed E-state index contributed by atoms with van der Waals surface area (Å²) in [5.74, 6) is 0. The predicted molar refractivity (Wildman–Crippen MR) is 62.3 cm³/mol. The Balaban J connectivity index is 0.00000196. The second kappa shape index (κ2) is 6.18. The minimum absolute atomic E-state index is 0. The van der Waals surface area contributed by atoms with E-state index in [9.17, 15) is 4.79 Å². The minimum atomic E-state index is -0.192. The van der Waals surface area contributed by atoms with Gasteiger partial charge in [0.25, 0.3) is 0 Å². The second-order valence-corrected chi connectivity index (χ2v) is 4.26. The summed E-state index contributed by atoms with van der Waals surface area (Å²) in [7, 11) is 0. The lowest BCUT2D eigenvalue weighted by molar-refractivity contribution is 0.0856. The summed E-state index contributed by atoms with van der Waals surface area (Å²) < 4.78 is 5.04. The van der Waals surface area contributed by atoms with E-state index in [4.69, 9.17) is 10.5 Å². The van der Waals surface area contributed by atoms with Crippen LogP contribution in [0.15, 0.2) is 0 Å². The first-order chi connectivity index (χ1) is 6.55. The number of ether oxygens (including phenoxy) is 1. The van der Waals surface area contributed by atoms with Gasteiger partial charge in [-0.15, -0.1) is 12.4 Å². The van der Waals surface area contributed by atoms with Crippen molar-refractivity contribution in [3.8, 4) is 0 Å². The molecule has 15 heavy (non-hydrogen) atoms. The third-order valence-corrected chi connectivity index (χ3v) is 2.59. The highest BCUT2D eigenvalue weighted by atomic mass is 35.5. The molecule has 0 aromatic rings. The van der Waals surface area contributed by atoms with Crippen molar-refractivity contribution in [3.05, 3.63) is 0 Å². The molecule has 0 radical (unpaired) electrons. The van der Waals surface area contributed by atoms with E-state index in [1.54, 1.807) is 4.90 Å². The molecule has 1 aliphatic heterocycles. The van der Waals surface area contributed by atoms with Gasteiger partial charge in [-0.3, -0.25) is 0 Å². The third kappa shape index (κ3) is 4.71. The molecule has 1 aliphatic rings. The van der Waals surface area contributed by atoms with Gasteiger partial charge in [0.1, 0.15) is 0 Å². The molecule has 5 heteroatoms. The van der Waals surface area contributed by atoms with Crippen LogP contribution in [-0.2, 0) is 4.74 Å². The molecule has 0 aliphatic carbocycles. The molecule has 90 valence electrons. The van der Waals surface area contributed by atoms with Crippen LogP contribution in [0.5, 0.6) is 0 Å². The summed E-state index contributed by atoms with van der Waals surface area (Å²) in [6.45, 7) is 5.96. The van der Waals surface area contributed by atoms with Gasteiger partial charge < -0.3 is 15.4 Å². The van der Waals surface area contributed by atoms with Crippen molar-refractivity contribution in [1.29, 1.82) is 0 Å². The molecule has 4 nitrogen and oxygen atoms in total. The molecule has 0 aromatic carbocycles. The van der Waals surface area contributed by atoms with E-state index >= 15 is 0 Å². The van der Waals surface area contributed by atoms with Gasteiger partial charge in [0, 0.05) is 18.6 Å². The van der Waals surface area contributed by atoms with E-state index in [-0.39, 0.29) is 24.0 Å². The maximum Gasteiger partial charge on any atom is 0.409 e. The molecule has 0 aromatic heterocycles. The second-order valence-electron chi connectivity index (χ2n) is 4.26. The molecule has 1 heterocycles. The van der Waals surface area contributed by atoms with Crippen molar-refractivity contribution >= 4 is 18.5 Å². The van der Waals surface area contributed by atoms with Crippen LogP contribution in [0.2, 0.25) is 0 Å². The van der Waals surface area contributed by atoms with Crippen LogP contribution in [0.1, 0.15) is 33.1 Å². The number of nitrogens with two attached hydrogens (primary N) is 1. The van der Waals surface area contributed by atoms with Crippen LogP contribution in [0, 0.1) is 0 Å². The number of amides is 1. The average Bonchev–Trinajstić information content (AvgIpc) is 2.14. The quantitative estimate of drug-likeness (QED) is 0.795. The van der Waals surface area contributed by atoms with Crippen LogP contribution < -0.4 is 5.73 Å². The largest absolute Gasteiger partial charge is 0.449 e. The number of hydrogen-bond donors (Lipinski definition) is 1. The Kier molecular flexibility index (Phi) is 5.98. The molecule has 1 rings (SSSR count). The summed E-state index contributed by atoms with van der Waals surface area (Å²) in [5, 5.41) is 0. The SMILES string of the molecule is CCCOC(=O)N1CCC(C)(N)CC1.Cl. The van der Waals surface area contributed by atoms with Crippen LogP contribution in [0.3, 0.4) is 0 Å². The number of hydrogen-bond acceptors (Lipinski definition) is 3. The number of piperidine rings is 1. The lowest BCUT2D eigenvalue weighted by Gasteiger charge is -2.35. The van der Waals surface area contributed by atoms with Gasteiger partial charge in [-0.2, -0.15) is 0 Å². The Morgan fingerprint density at radius 1 is 1.47 bits per heavy atom. The summed E-state index contributed by atoms with van der Waals surface area (Å²) >= 11 is 0. The lowest BCUT2D eigenvalue weighted by atomic mass is 9.91. The fourth-order valence-electron chi connectivity index (χ4n) is 1.48. The van der Waals surface area contributed by atoms with Gasteiger partial charge in [0.15, 0.2) is 0 Å². The van der Waals surface area contributed by atoms with E-state index in [1.807, 2.05) is 13.8 Å². The van der Waals surface area contributed by atoms with Gasteiger partial charge in [0.2, 0.25) is 0 Å². The Morgan fingerprint density at radius 3 is 2.47 bits per heavy atom. The van der Waals surface area contributed by atoms with Crippen molar-refractivity contribution in [3.63, 3.8) is 0 Å². The number of carbonyl (C=O) groups excluding carboxylic acids is 1. The maximum absolute atomic E-state index is 11.4. The zero-order chi connectivity index (χ0) is 10.6.